The van der Waals surface area contributed by atoms with Gasteiger partial charge >= 0.3 is 0 Å². The van der Waals surface area contributed by atoms with Gasteiger partial charge in [0.05, 0.1) is 17.6 Å². The molecule has 0 aliphatic carbocycles. The molecule has 0 saturated carbocycles. The number of pyridine rings is 1. The third-order valence-electron chi connectivity index (χ3n) is 7.24. The number of ether oxygens (including phenoxy) is 1. The van der Waals surface area contributed by atoms with Gasteiger partial charge in [0.2, 0.25) is 11.9 Å². The molecule has 2 aromatic carbocycles. The number of carbonyl (C=O) groups is 1. The lowest BCUT2D eigenvalue weighted by molar-refractivity contribution is -0.117. The van der Waals surface area contributed by atoms with Gasteiger partial charge in [0.25, 0.3) is 0 Å². The van der Waals surface area contributed by atoms with Gasteiger partial charge in [-0.25, -0.2) is 9.97 Å². The molecule has 1 amide bonds. The molecule has 0 radical (unpaired) electrons. The average Bonchev–Trinajstić information content (AvgIpc) is 3.24. The van der Waals surface area contributed by atoms with Crippen LogP contribution in [0.5, 0.6) is 11.5 Å². The van der Waals surface area contributed by atoms with Crippen LogP contribution in [-0.4, -0.2) is 69.5 Å². The number of fused-ring (bicyclic) bond motifs is 1. The predicted molar refractivity (Wildman–Crippen MR) is 161 cm³/mol. The first kappa shape index (κ1) is 27.9. The largest absolute Gasteiger partial charge is 0.457 e. The van der Waals surface area contributed by atoms with E-state index in [9.17, 15) is 4.79 Å². The van der Waals surface area contributed by atoms with Gasteiger partial charge in [0, 0.05) is 62.3 Å². The number of halogens is 1. The SMILES string of the molecule is CCN1CCN(CC(=O)Nc2cc(Oc3ccc4c(c3)nc(Nc3ccc(Cl)c(C(C)C)c3)n4C)ccn2)CC1. The van der Waals surface area contributed by atoms with Crippen molar-refractivity contribution < 1.29 is 9.53 Å². The number of rotatable bonds is 9. The summed E-state index contributed by atoms with van der Waals surface area (Å²) in [5, 5.41) is 7.07. The van der Waals surface area contributed by atoms with Crippen molar-refractivity contribution in [2.24, 2.45) is 7.05 Å². The molecule has 1 saturated heterocycles. The Bertz CT molecular complexity index is 1490. The van der Waals surface area contributed by atoms with Gasteiger partial charge in [-0.2, -0.15) is 0 Å². The van der Waals surface area contributed by atoms with Gasteiger partial charge in [-0.05, 0) is 54.4 Å². The van der Waals surface area contributed by atoms with E-state index in [4.69, 9.17) is 21.3 Å². The molecular weight excluding hydrogens is 526 g/mol. The fourth-order valence-electron chi connectivity index (χ4n) is 4.88. The van der Waals surface area contributed by atoms with Crippen molar-refractivity contribution in [1.29, 1.82) is 0 Å². The number of benzene rings is 2. The molecule has 0 spiro atoms. The third kappa shape index (κ3) is 6.55. The number of likely N-dealkylation sites (N-methyl/N-ethyl adjacent to an activating group) is 1. The summed E-state index contributed by atoms with van der Waals surface area (Å²) in [5.41, 5.74) is 3.78. The summed E-state index contributed by atoms with van der Waals surface area (Å²) in [6.45, 7) is 11.6. The molecule has 0 bridgehead atoms. The van der Waals surface area contributed by atoms with Crippen LogP contribution in [0.15, 0.2) is 54.7 Å². The number of aryl methyl sites for hydroxylation is 1. The van der Waals surface area contributed by atoms with Crippen molar-refractivity contribution in [3.05, 3.63) is 65.3 Å². The zero-order chi connectivity index (χ0) is 28.2. The van der Waals surface area contributed by atoms with E-state index in [1.54, 1.807) is 18.3 Å². The number of hydrogen-bond acceptors (Lipinski definition) is 7. The summed E-state index contributed by atoms with van der Waals surface area (Å²) < 4.78 is 8.12. The minimum atomic E-state index is -0.0780. The molecule has 4 aromatic rings. The fraction of sp³-hybridized carbons (Fsp3) is 0.367. The van der Waals surface area contributed by atoms with E-state index in [1.165, 1.54) is 0 Å². The van der Waals surface area contributed by atoms with Crippen LogP contribution in [0.4, 0.5) is 17.5 Å². The highest BCUT2D eigenvalue weighted by molar-refractivity contribution is 6.31. The normalized spacial score (nSPS) is 14.6. The molecular formula is C30H36ClN7O2. The molecule has 10 heteroatoms. The van der Waals surface area contributed by atoms with E-state index >= 15 is 0 Å². The van der Waals surface area contributed by atoms with Gasteiger partial charge in [-0.1, -0.05) is 32.4 Å². The summed E-state index contributed by atoms with van der Waals surface area (Å²) >= 11 is 6.37. The number of piperazine rings is 1. The van der Waals surface area contributed by atoms with Crippen LogP contribution >= 0.6 is 11.6 Å². The first-order valence-corrected chi connectivity index (χ1v) is 14.1. The predicted octanol–water partition coefficient (Wildman–Crippen LogP) is 5.86. The maximum absolute atomic E-state index is 12.6. The van der Waals surface area contributed by atoms with Crippen LogP contribution in [0.2, 0.25) is 5.02 Å². The Labute approximate surface area is 240 Å². The van der Waals surface area contributed by atoms with Crippen LogP contribution in [0.3, 0.4) is 0 Å². The summed E-state index contributed by atoms with van der Waals surface area (Å²) in [4.78, 5) is 26.3. The highest BCUT2D eigenvalue weighted by Crippen LogP contribution is 2.31. The molecule has 40 heavy (non-hydrogen) atoms. The van der Waals surface area contributed by atoms with Crippen LogP contribution in [-0.2, 0) is 11.8 Å². The van der Waals surface area contributed by atoms with Gasteiger partial charge < -0.3 is 24.8 Å². The number of imidazole rings is 1. The number of aromatic nitrogens is 3. The third-order valence-corrected chi connectivity index (χ3v) is 7.58. The molecule has 1 aliphatic rings. The Morgan fingerprint density at radius 1 is 1.02 bits per heavy atom. The first-order chi connectivity index (χ1) is 19.3. The van der Waals surface area contributed by atoms with Crippen molar-refractivity contribution in [1.82, 2.24) is 24.3 Å². The molecule has 9 nitrogen and oxygen atoms in total. The number of nitrogens with zero attached hydrogens (tertiary/aromatic N) is 5. The molecule has 0 atom stereocenters. The summed E-state index contributed by atoms with van der Waals surface area (Å²) in [6.07, 6.45) is 1.63. The lowest BCUT2D eigenvalue weighted by Crippen LogP contribution is -2.48. The number of amides is 1. The van der Waals surface area contributed by atoms with Crippen molar-refractivity contribution in [3.63, 3.8) is 0 Å². The Morgan fingerprint density at radius 3 is 2.52 bits per heavy atom. The van der Waals surface area contributed by atoms with Crippen LogP contribution < -0.4 is 15.4 Å². The molecule has 210 valence electrons. The lowest BCUT2D eigenvalue weighted by Gasteiger charge is -2.33. The second kappa shape index (κ2) is 12.2. The number of anilines is 3. The molecule has 5 rings (SSSR count). The Balaban J connectivity index is 1.24. The van der Waals surface area contributed by atoms with E-state index < -0.39 is 0 Å². The molecule has 3 heterocycles. The Morgan fingerprint density at radius 2 is 1.77 bits per heavy atom. The van der Waals surface area contributed by atoms with Crippen molar-refractivity contribution in [3.8, 4) is 11.5 Å². The Hall–Kier alpha value is -3.66. The van der Waals surface area contributed by atoms with E-state index in [0.717, 1.165) is 60.0 Å². The van der Waals surface area contributed by atoms with Crippen molar-refractivity contribution in [2.45, 2.75) is 26.7 Å². The highest BCUT2D eigenvalue weighted by Gasteiger charge is 2.18. The lowest BCUT2D eigenvalue weighted by atomic mass is 10.0. The van der Waals surface area contributed by atoms with E-state index in [-0.39, 0.29) is 5.91 Å². The molecule has 2 N–H and O–H groups in total. The van der Waals surface area contributed by atoms with Crippen LogP contribution in [0, 0.1) is 0 Å². The zero-order valence-electron chi connectivity index (χ0n) is 23.4. The average molecular weight is 562 g/mol. The van der Waals surface area contributed by atoms with Crippen molar-refractivity contribution in [2.75, 3.05) is 49.9 Å². The maximum Gasteiger partial charge on any atom is 0.239 e. The van der Waals surface area contributed by atoms with E-state index in [2.05, 4.69) is 52.3 Å². The van der Waals surface area contributed by atoms with Gasteiger partial charge in [0.1, 0.15) is 17.3 Å². The monoisotopic (exact) mass is 561 g/mol. The number of nitrogens with one attached hydrogen (secondary N) is 2. The smallest absolute Gasteiger partial charge is 0.239 e. The second-order valence-electron chi connectivity index (χ2n) is 10.4. The number of carbonyl (C=O) groups excluding carboxylic acids is 1. The standard InChI is InChI=1S/C30H36ClN7O2/c1-5-37-12-14-38(15-13-37)19-29(39)35-28-18-23(10-11-32-28)40-22-7-9-27-26(17-22)34-30(36(27)4)33-21-6-8-25(31)24(16-21)20(2)3/h6-11,16-18,20H,5,12-15,19H2,1-4H3,(H,33,34)(H,32,35,39). The summed E-state index contributed by atoms with van der Waals surface area (Å²) in [5.74, 6) is 2.64. The second-order valence-corrected chi connectivity index (χ2v) is 10.8. The molecule has 2 aromatic heterocycles. The quantitative estimate of drug-likeness (QED) is 0.265. The molecule has 1 aliphatic heterocycles. The van der Waals surface area contributed by atoms with Gasteiger partial charge in [-0.15, -0.1) is 0 Å². The Kier molecular flexibility index (Phi) is 8.54. The van der Waals surface area contributed by atoms with Crippen LogP contribution in [0.25, 0.3) is 11.0 Å². The zero-order valence-corrected chi connectivity index (χ0v) is 24.2. The molecule has 0 unspecified atom stereocenters. The highest BCUT2D eigenvalue weighted by atomic mass is 35.5. The summed E-state index contributed by atoms with van der Waals surface area (Å²) in [6, 6.07) is 15.2. The van der Waals surface area contributed by atoms with Gasteiger partial charge in [-0.3, -0.25) is 9.69 Å². The minimum Gasteiger partial charge on any atom is -0.457 e. The summed E-state index contributed by atoms with van der Waals surface area (Å²) in [7, 11) is 1.97. The first-order valence-electron chi connectivity index (χ1n) is 13.7. The maximum atomic E-state index is 12.6. The van der Waals surface area contributed by atoms with E-state index in [1.807, 2.05) is 41.9 Å². The van der Waals surface area contributed by atoms with E-state index in [0.29, 0.717) is 35.7 Å². The number of hydrogen-bond donors (Lipinski definition) is 2. The van der Waals surface area contributed by atoms with Crippen LogP contribution in [0.1, 0.15) is 32.3 Å². The van der Waals surface area contributed by atoms with Gasteiger partial charge in [0.15, 0.2) is 0 Å². The molecule has 1 fully saturated rings. The minimum absolute atomic E-state index is 0.0780. The topological polar surface area (TPSA) is 87.5 Å². The van der Waals surface area contributed by atoms with Crippen molar-refractivity contribution >= 4 is 46.0 Å². The fourth-order valence-corrected chi connectivity index (χ4v) is 5.21.